The molecule has 3 aromatic rings. The van der Waals surface area contributed by atoms with E-state index in [4.69, 9.17) is 4.74 Å². The fraction of sp³-hybridized carbons (Fsp3) is 0.304. The second kappa shape index (κ2) is 9.43. The molecule has 1 heterocycles. The van der Waals surface area contributed by atoms with Crippen LogP contribution in [0.15, 0.2) is 54.6 Å². The number of halogens is 1. The molecule has 158 valence electrons. The first kappa shape index (κ1) is 21.4. The summed E-state index contributed by atoms with van der Waals surface area (Å²) >= 11 is 0. The number of hydrogen-bond acceptors (Lipinski definition) is 3. The maximum atomic E-state index is 13.3. The van der Waals surface area contributed by atoms with Gasteiger partial charge in [-0.25, -0.2) is 13.9 Å². The summed E-state index contributed by atoms with van der Waals surface area (Å²) in [6, 6.07) is 15.4. The number of hydrogen-bond donors (Lipinski definition) is 1. The van der Waals surface area contributed by atoms with Crippen LogP contribution >= 0.6 is 0 Å². The molecule has 2 aromatic carbocycles. The van der Waals surface area contributed by atoms with E-state index in [1.807, 2.05) is 51.1 Å². The summed E-state index contributed by atoms with van der Waals surface area (Å²) in [4.78, 5) is 14.4. The molecule has 7 heteroatoms. The number of aromatic nitrogens is 2. The van der Waals surface area contributed by atoms with Gasteiger partial charge in [-0.15, -0.1) is 0 Å². The Morgan fingerprint density at radius 1 is 1.17 bits per heavy atom. The molecule has 0 aliphatic rings. The topological polar surface area (TPSA) is 59.4 Å². The van der Waals surface area contributed by atoms with Crippen LogP contribution in [0.2, 0.25) is 0 Å². The molecule has 1 aromatic heterocycles. The van der Waals surface area contributed by atoms with Crippen molar-refractivity contribution >= 4 is 6.03 Å². The Morgan fingerprint density at radius 3 is 2.43 bits per heavy atom. The predicted octanol–water partition coefficient (Wildman–Crippen LogP) is 4.96. The van der Waals surface area contributed by atoms with Crippen molar-refractivity contribution < 1.29 is 13.9 Å². The standard InChI is InChI=1S/C23H27FN4O2/c1-5-25-23(29)28(16(2)3)15-20-21(17-9-7-6-8-10-17)26-27(4)22(20)30-19-13-11-18(24)12-14-19/h6-14,16H,5,15H2,1-4H3,(H,25,29). The van der Waals surface area contributed by atoms with Gasteiger partial charge in [-0.1, -0.05) is 30.3 Å². The third kappa shape index (κ3) is 4.79. The van der Waals surface area contributed by atoms with Gasteiger partial charge in [0.05, 0.1) is 12.1 Å². The number of benzene rings is 2. The summed E-state index contributed by atoms with van der Waals surface area (Å²) in [5.41, 5.74) is 2.45. The third-order valence-corrected chi connectivity index (χ3v) is 4.70. The van der Waals surface area contributed by atoms with Crippen LogP contribution in [0, 0.1) is 5.82 Å². The van der Waals surface area contributed by atoms with E-state index < -0.39 is 0 Å². The highest BCUT2D eigenvalue weighted by Crippen LogP contribution is 2.34. The molecule has 0 unspecified atom stereocenters. The second-order valence-corrected chi connectivity index (χ2v) is 7.24. The van der Waals surface area contributed by atoms with Gasteiger partial charge in [0.2, 0.25) is 5.88 Å². The number of carbonyl (C=O) groups excluding carboxylic acids is 1. The van der Waals surface area contributed by atoms with Gasteiger partial charge < -0.3 is 15.0 Å². The zero-order valence-corrected chi connectivity index (χ0v) is 17.7. The first-order valence-corrected chi connectivity index (χ1v) is 9.99. The number of urea groups is 1. The molecule has 0 bridgehead atoms. The quantitative estimate of drug-likeness (QED) is 0.599. The molecule has 2 amide bonds. The Hall–Kier alpha value is -3.35. The number of aryl methyl sites for hydroxylation is 1. The lowest BCUT2D eigenvalue weighted by atomic mass is 10.1. The average Bonchev–Trinajstić information content (AvgIpc) is 3.03. The normalized spacial score (nSPS) is 10.9. The molecule has 6 nitrogen and oxygen atoms in total. The Balaban J connectivity index is 2.06. The van der Waals surface area contributed by atoms with Gasteiger partial charge in [-0.2, -0.15) is 5.10 Å². The van der Waals surface area contributed by atoms with Gasteiger partial charge in [0.25, 0.3) is 0 Å². The van der Waals surface area contributed by atoms with Gasteiger partial charge in [0.1, 0.15) is 17.3 Å². The van der Waals surface area contributed by atoms with Crippen LogP contribution in [0.3, 0.4) is 0 Å². The van der Waals surface area contributed by atoms with E-state index in [1.54, 1.807) is 28.8 Å². The van der Waals surface area contributed by atoms with E-state index in [0.29, 0.717) is 24.7 Å². The van der Waals surface area contributed by atoms with Crippen molar-refractivity contribution in [1.29, 1.82) is 0 Å². The molecular weight excluding hydrogens is 383 g/mol. The SMILES string of the molecule is CCNC(=O)N(Cc1c(-c2ccccc2)nn(C)c1Oc1ccc(F)cc1)C(C)C. The zero-order chi connectivity index (χ0) is 21.7. The number of nitrogens with zero attached hydrogens (tertiary/aromatic N) is 3. The minimum Gasteiger partial charge on any atom is -0.439 e. The lowest BCUT2D eigenvalue weighted by molar-refractivity contribution is 0.180. The van der Waals surface area contributed by atoms with E-state index in [-0.39, 0.29) is 17.9 Å². The van der Waals surface area contributed by atoms with Crippen molar-refractivity contribution in [3.63, 3.8) is 0 Å². The van der Waals surface area contributed by atoms with Crippen LogP contribution in [-0.2, 0) is 13.6 Å². The summed E-state index contributed by atoms with van der Waals surface area (Å²) in [5, 5.41) is 7.54. The van der Waals surface area contributed by atoms with E-state index in [0.717, 1.165) is 16.8 Å². The molecule has 3 rings (SSSR count). The van der Waals surface area contributed by atoms with Crippen LogP contribution in [0.4, 0.5) is 9.18 Å². The molecule has 0 aliphatic carbocycles. The summed E-state index contributed by atoms with van der Waals surface area (Å²) < 4.78 is 21.1. The number of rotatable bonds is 7. The molecule has 0 atom stereocenters. The maximum absolute atomic E-state index is 13.3. The van der Waals surface area contributed by atoms with E-state index in [1.165, 1.54) is 12.1 Å². The molecular formula is C23H27FN4O2. The first-order valence-electron chi connectivity index (χ1n) is 9.99. The van der Waals surface area contributed by atoms with Gasteiger partial charge >= 0.3 is 6.03 Å². The van der Waals surface area contributed by atoms with Crippen LogP contribution in [-0.4, -0.2) is 33.3 Å². The highest BCUT2D eigenvalue weighted by atomic mass is 19.1. The highest BCUT2D eigenvalue weighted by Gasteiger charge is 2.25. The van der Waals surface area contributed by atoms with Crippen LogP contribution < -0.4 is 10.1 Å². The van der Waals surface area contributed by atoms with Crippen LogP contribution in [0.25, 0.3) is 11.3 Å². The van der Waals surface area contributed by atoms with E-state index in [2.05, 4.69) is 10.4 Å². The monoisotopic (exact) mass is 410 g/mol. The average molecular weight is 410 g/mol. The first-order chi connectivity index (χ1) is 14.4. The van der Waals surface area contributed by atoms with Crippen molar-refractivity contribution in [1.82, 2.24) is 20.0 Å². The summed E-state index contributed by atoms with van der Waals surface area (Å²) in [6.07, 6.45) is 0. The fourth-order valence-electron chi connectivity index (χ4n) is 3.18. The molecule has 0 saturated heterocycles. The highest BCUT2D eigenvalue weighted by molar-refractivity contribution is 5.75. The third-order valence-electron chi connectivity index (χ3n) is 4.70. The predicted molar refractivity (Wildman–Crippen MR) is 115 cm³/mol. The zero-order valence-electron chi connectivity index (χ0n) is 17.7. The lowest BCUT2D eigenvalue weighted by Gasteiger charge is -2.27. The number of nitrogens with one attached hydrogen (secondary N) is 1. The molecule has 1 N–H and O–H groups in total. The van der Waals surface area contributed by atoms with Crippen molar-refractivity contribution in [3.8, 4) is 22.9 Å². The van der Waals surface area contributed by atoms with Gasteiger partial charge in [-0.05, 0) is 45.0 Å². The van der Waals surface area contributed by atoms with Gasteiger partial charge in [0.15, 0.2) is 0 Å². The lowest BCUT2D eigenvalue weighted by Crippen LogP contribution is -2.43. The van der Waals surface area contributed by atoms with Crippen molar-refractivity contribution in [3.05, 3.63) is 66.0 Å². The van der Waals surface area contributed by atoms with Crippen molar-refractivity contribution in [2.45, 2.75) is 33.4 Å². The van der Waals surface area contributed by atoms with E-state index in [9.17, 15) is 9.18 Å². The Morgan fingerprint density at radius 2 is 1.83 bits per heavy atom. The smallest absolute Gasteiger partial charge is 0.317 e. The summed E-state index contributed by atoms with van der Waals surface area (Å²) in [7, 11) is 1.79. The fourth-order valence-corrected chi connectivity index (χ4v) is 3.18. The number of amides is 2. The van der Waals surface area contributed by atoms with Gasteiger partial charge in [-0.3, -0.25) is 0 Å². The number of carbonyl (C=O) groups is 1. The maximum Gasteiger partial charge on any atom is 0.317 e. The molecule has 30 heavy (non-hydrogen) atoms. The van der Waals surface area contributed by atoms with E-state index >= 15 is 0 Å². The Kier molecular flexibility index (Phi) is 6.72. The van der Waals surface area contributed by atoms with Crippen LogP contribution in [0.1, 0.15) is 26.3 Å². The molecule has 0 saturated carbocycles. The minimum atomic E-state index is -0.334. The Bertz CT molecular complexity index is 984. The molecule has 0 spiro atoms. The summed E-state index contributed by atoms with van der Waals surface area (Å²) in [6.45, 7) is 6.68. The largest absolute Gasteiger partial charge is 0.439 e. The van der Waals surface area contributed by atoms with Gasteiger partial charge in [0, 0.05) is 25.2 Å². The minimum absolute atomic E-state index is 0.0287. The van der Waals surface area contributed by atoms with Crippen molar-refractivity contribution in [2.24, 2.45) is 7.05 Å². The second-order valence-electron chi connectivity index (χ2n) is 7.24. The molecule has 0 fully saturated rings. The summed E-state index contributed by atoms with van der Waals surface area (Å²) in [5.74, 6) is 0.671. The molecule has 0 radical (unpaired) electrons. The molecule has 0 aliphatic heterocycles. The Labute approximate surface area is 176 Å². The number of ether oxygens (including phenoxy) is 1. The van der Waals surface area contributed by atoms with Crippen molar-refractivity contribution in [2.75, 3.05) is 6.54 Å². The van der Waals surface area contributed by atoms with Crippen LogP contribution in [0.5, 0.6) is 11.6 Å².